The Morgan fingerprint density at radius 3 is 2.62 bits per heavy atom. The molecule has 29 heavy (non-hydrogen) atoms. The standard InChI is InChI=1S/C24H24N2O3/c27-23(15-18-9-5-8-17-7-1-2-11-20(17)18)26-22-13-4-3-12-21(22)24(28)25-16-19-10-6-14-29-19/h1-5,7-9,11-13,19H,6,10,14-16H2,(H,25,28)(H,26,27)/t19-/m0/s1. The van der Waals surface area contributed by atoms with Crippen molar-refractivity contribution in [2.45, 2.75) is 25.4 Å². The van der Waals surface area contributed by atoms with Crippen molar-refractivity contribution in [3.63, 3.8) is 0 Å². The number of nitrogens with one attached hydrogen (secondary N) is 2. The number of hydrogen-bond acceptors (Lipinski definition) is 3. The molecule has 1 atom stereocenters. The van der Waals surface area contributed by atoms with E-state index in [4.69, 9.17) is 4.74 Å². The number of para-hydroxylation sites is 1. The van der Waals surface area contributed by atoms with Gasteiger partial charge in [0.2, 0.25) is 5.91 Å². The highest BCUT2D eigenvalue weighted by Crippen LogP contribution is 2.20. The zero-order valence-electron chi connectivity index (χ0n) is 16.2. The molecule has 3 aromatic rings. The molecule has 1 aliphatic heterocycles. The van der Waals surface area contributed by atoms with Crippen LogP contribution in [0.1, 0.15) is 28.8 Å². The zero-order chi connectivity index (χ0) is 20.1. The van der Waals surface area contributed by atoms with E-state index in [1.54, 1.807) is 18.2 Å². The number of anilines is 1. The third-order valence-corrected chi connectivity index (χ3v) is 5.19. The third kappa shape index (κ3) is 4.63. The van der Waals surface area contributed by atoms with Gasteiger partial charge in [-0.05, 0) is 41.3 Å². The Balaban J connectivity index is 1.45. The Hall–Kier alpha value is -3.18. The van der Waals surface area contributed by atoms with Gasteiger partial charge in [0.05, 0.1) is 23.8 Å². The summed E-state index contributed by atoms with van der Waals surface area (Å²) in [6.45, 7) is 1.23. The van der Waals surface area contributed by atoms with Gasteiger partial charge < -0.3 is 15.4 Å². The molecule has 0 radical (unpaired) electrons. The predicted octanol–water partition coefficient (Wildman–Crippen LogP) is 3.93. The van der Waals surface area contributed by atoms with Crippen LogP contribution in [0, 0.1) is 0 Å². The molecule has 1 heterocycles. The van der Waals surface area contributed by atoms with Gasteiger partial charge in [-0.15, -0.1) is 0 Å². The van der Waals surface area contributed by atoms with Gasteiger partial charge in [0.25, 0.3) is 5.91 Å². The summed E-state index contributed by atoms with van der Waals surface area (Å²) >= 11 is 0. The van der Waals surface area contributed by atoms with Crippen molar-refractivity contribution in [3.8, 4) is 0 Å². The van der Waals surface area contributed by atoms with Crippen molar-refractivity contribution in [1.82, 2.24) is 5.32 Å². The highest BCUT2D eigenvalue weighted by Gasteiger charge is 2.18. The van der Waals surface area contributed by atoms with Crippen LogP contribution in [-0.2, 0) is 16.0 Å². The first-order valence-electron chi connectivity index (χ1n) is 9.96. The fraction of sp³-hybridized carbons (Fsp3) is 0.250. The van der Waals surface area contributed by atoms with Gasteiger partial charge in [0, 0.05) is 13.2 Å². The number of carbonyl (C=O) groups is 2. The smallest absolute Gasteiger partial charge is 0.253 e. The van der Waals surface area contributed by atoms with E-state index >= 15 is 0 Å². The second-order valence-corrected chi connectivity index (χ2v) is 7.25. The number of amides is 2. The van der Waals surface area contributed by atoms with Crippen LogP contribution in [-0.4, -0.2) is 31.1 Å². The summed E-state index contributed by atoms with van der Waals surface area (Å²) in [7, 11) is 0. The quantitative estimate of drug-likeness (QED) is 0.672. The van der Waals surface area contributed by atoms with E-state index in [1.807, 2.05) is 48.5 Å². The lowest BCUT2D eigenvalue weighted by atomic mass is 10.0. The number of rotatable bonds is 6. The maximum Gasteiger partial charge on any atom is 0.253 e. The fourth-order valence-electron chi connectivity index (χ4n) is 3.71. The molecule has 0 aromatic heterocycles. The van der Waals surface area contributed by atoms with E-state index in [1.165, 1.54) is 0 Å². The van der Waals surface area contributed by atoms with Crippen LogP contribution >= 0.6 is 0 Å². The van der Waals surface area contributed by atoms with Gasteiger partial charge in [-0.1, -0.05) is 54.6 Å². The molecule has 1 aliphatic rings. The minimum absolute atomic E-state index is 0.0760. The molecule has 0 bridgehead atoms. The lowest BCUT2D eigenvalue weighted by molar-refractivity contribution is -0.115. The molecule has 148 valence electrons. The Morgan fingerprint density at radius 1 is 0.966 bits per heavy atom. The number of carbonyl (C=O) groups excluding carboxylic acids is 2. The molecule has 1 fully saturated rings. The van der Waals surface area contributed by atoms with Crippen LogP contribution < -0.4 is 10.6 Å². The summed E-state index contributed by atoms with van der Waals surface area (Å²) < 4.78 is 5.55. The molecule has 3 aromatic carbocycles. The van der Waals surface area contributed by atoms with E-state index in [0.717, 1.165) is 35.8 Å². The number of benzene rings is 3. The lowest BCUT2D eigenvalue weighted by Gasteiger charge is -2.14. The van der Waals surface area contributed by atoms with Crippen LogP contribution in [0.25, 0.3) is 10.8 Å². The fourth-order valence-corrected chi connectivity index (χ4v) is 3.71. The highest BCUT2D eigenvalue weighted by molar-refractivity contribution is 6.04. The maximum absolute atomic E-state index is 12.7. The number of hydrogen-bond donors (Lipinski definition) is 2. The van der Waals surface area contributed by atoms with Crippen LogP contribution in [0.15, 0.2) is 66.7 Å². The second-order valence-electron chi connectivity index (χ2n) is 7.25. The summed E-state index contributed by atoms with van der Waals surface area (Å²) in [6, 6.07) is 21.0. The average molecular weight is 388 g/mol. The van der Waals surface area contributed by atoms with Crippen molar-refractivity contribution < 1.29 is 14.3 Å². The summed E-state index contributed by atoms with van der Waals surface area (Å²) in [6.07, 6.45) is 2.31. The lowest BCUT2D eigenvalue weighted by Crippen LogP contribution is -2.32. The van der Waals surface area contributed by atoms with Gasteiger partial charge in [-0.3, -0.25) is 9.59 Å². The maximum atomic E-state index is 12.7. The van der Waals surface area contributed by atoms with E-state index in [0.29, 0.717) is 17.8 Å². The van der Waals surface area contributed by atoms with Crippen LogP contribution in [0.2, 0.25) is 0 Å². The van der Waals surface area contributed by atoms with Crippen LogP contribution in [0.5, 0.6) is 0 Å². The van der Waals surface area contributed by atoms with Crippen LogP contribution in [0.4, 0.5) is 5.69 Å². The summed E-state index contributed by atoms with van der Waals surface area (Å²) in [5.41, 5.74) is 1.93. The second kappa shape index (κ2) is 8.88. The van der Waals surface area contributed by atoms with Gasteiger partial charge >= 0.3 is 0 Å². The van der Waals surface area contributed by atoms with E-state index < -0.39 is 0 Å². The Bertz CT molecular complexity index is 1020. The van der Waals surface area contributed by atoms with Crippen molar-refractivity contribution in [2.24, 2.45) is 0 Å². The molecule has 5 nitrogen and oxygen atoms in total. The van der Waals surface area contributed by atoms with Crippen molar-refractivity contribution in [1.29, 1.82) is 0 Å². The summed E-state index contributed by atoms with van der Waals surface area (Å²) in [5.74, 6) is -0.359. The average Bonchev–Trinajstić information content (AvgIpc) is 3.26. The van der Waals surface area contributed by atoms with Gasteiger partial charge in [-0.25, -0.2) is 0 Å². The van der Waals surface area contributed by atoms with E-state index in [-0.39, 0.29) is 24.3 Å². The Labute approximate surface area is 170 Å². The summed E-state index contributed by atoms with van der Waals surface area (Å²) in [4.78, 5) is 25.3. The molecular formula is C24H24N2O3. The highest BCUT2D eigenvalue weighted by atomic mass is 16.5. The molecule has 2 amide bonds. The molecular weight excluding hydrogens is 364 g/mol. The predicted molar refractivity (Wildman–Crippen MR) is 114 cm³/mol. The molecule has 2 N–H and O–H groups in total. The normalized spacial score (nSPS) is 15.9. The van der Waals surface area contributed by atoms with Crippen molar-refractivity contribution in [2.75, 3.05) is 18.5 Å². The first-order chi connectivity index (χ1) is 14.2. The number of ether oxygens (including phenoxy) is 1. The Kier molecular flexibility index (Phi) is 5.86. The monoisotopic (exact) mass is 388 g/mol. The molecule has 1 saturated heterocycles. The minimum atomic E-state index is -0.207. The SMILES string of the molecule is O=C(Cc1cccc2ccccc12)Nc1ccccc1C(=O)NC[C@@H]1CCCO1. The molecule has 0 spiro atoms. The molecule has 0 unspecified atom stereocenters. The van der Waals surface area contributed by atoms with Gasteiger partial charge in [0.1, 0.15) is 0 Å². The Morgan fingerprint density at radius 2 is 1.76 bits per heavy atom. The molecule has 0 saturated carbocycles. The number of fused-ring (bicyclic) bond motifs is 1. The largest absolute Gasteiger partial charge is 0.376 e. The topological polar surface area (TPSA) is 67.4 Å². The molecule has 5 heteroatoms. The van der Waals surface area contributed by atoms with Gasteiger partial charge in [-0.2, -0.15) is 0 Å². The minimum Gasteiger partial charge on any atom is -0.376 e. The van der Waals surface area contributed by atoms with E-state index in [9.17, 15) is 9.59 Å². The van der Waals surface area contributed by atoms with Gasteiger partial charge in [0.15, 0.2) is 0 Å². The molecule has 4 rings (SSSR count). The van der Waals surface area contributed by atoms with Crippen molar-refractivity contribution >= 4 is 28.3 Å². The van der Waals surface area contributed by atoms with E-state index in [2.05, 4.69) is 10.6 Å². The van der Waals surface area contributed by atoms with Crippen molar-refractivity contribution in [3.05, 3.63) is 77.9 Å². The zero-order valence-corrected chi connectivity index (χ0v) is 16.2. The molecule has 0 aliphatic carbocycles. The first-order valence-corrected chi connectivity index (χ1v) is 9.96. The third-order valence-electron chi connectivity index (χ3n) is 5.19. The van der Waals surface area contributed by atoms with Crippen LogP contribution in [0.3, 0.4) is 0 Å². The first kappa shape index (κ1) is 19.2. The summed E-state index contributed by atoms with van der Waals surface area (Å²) in [5, 5.41) is 7.98.